The first kappa shape index (κ1) is 23.0. The molecule has 4 rings (SSSR count). The van der Waals surface area contributed by atoms with Crippen LogP contribution in [0.25, 0.3) is 16.7 Å². The zero-order chi connectivity index (χ0) is 23.4. The molecule has 0 fully saturated rings. The summed E-state index contributed by atoms with van der Waals surface area (Å²) in [6.07, 6.45) is 7.51. The number of aliphatic hydroxyl groups is 1. The Labute approximate surface area is 191 Å². The van der Waals surface area contributed by atoms with Gasteiger partial charge in [0.25, 0.3) is 5.56 Å². The van der Waals surface area contributed by atoms with Gasteiger partial charge in [-0.25, -0.2) is 9.78 Å². The number of aromatic nitrogens is 4. The van der Waals surface area contributed by atoms with Gasteiger partial charge in [-0.05, 0) is 55.5 Å². The first-order valence-electron chi connectivity index (χ1n) is 11.4. The topological polar surface area (TPSA) is 103 Å². The van der Waals surface area contributed by atoms with Gasteiger partial charge < -0.3 is 19.7 Å². The van der Waals surface area contributed by atoms with Crippen molar-refractivity contribution in [3.63, 3.8) is 0 Å². The van der Waals surface area contributed by atoms with E-state index >= 15 is 0 Å². The van der Waals surface area contributed by atoms with Crippen molar-refractivity contribution in [3.8, 4) is 5.75 Å². The minimum atomic E-state index is -0.627. The quantitative estimate of drug-likeness (QED) is 0.450. The Morgan fingerprint density at radius 2 is 1.97 bits per heavy atom. The number of rotatable bonds is 10. The van der Waals surface area contributed by atoms with Crippen molar-refractivity contribution in [3.05, 3.63) is 63.1 Å². The number of ether oxygens (including phenoxy) is 1. The van der Waals surface area contributed by atoms with Crippen LogP contribution in [-0.4, -0.2) is 49.6 Å². The number of aryl methyl sites for hydroxylation is 2. The van der Waals surface area contributed by atoms with Crippen molar-refractivity contribution in [1.29, 1.82) is 0 Å². The summed E-state index contributed by atoms with van der Waals surface area (Å²) in [4.78, 5) is 28.7. The number of aliphatic hydroxyl groups excluding tert-OH is 1. The molecule has 2 aromatic heterocycles. The highest BCUT2D eigenvalue weighted by Gasteiger charge is 2.14. The van der Waals surface area contributed by atoms with Crippen molar-refractivity contribution >= 4 is 16.7 Å². The number of benzene rings is 1. The van der Waals surface area contributed by atoms with Gasteiger partial charge in [-0.15, -0.1) is 0 Å². The normalized spacial score (nSPS) is 14.6. The number of nitrogens with zero attached hydrogens (tertiary/aromatic N) is 4. The Balaban J connectivity index is 1.20. The summed E-state index contributed by atoms with van der Waals surface area (Å²) in [5.74, 6) is 0.749. The lowest BCUT2D eigenvalue weighted by molar-refractivity contribution is 0.106. The maximum atomic E-state index is 12.5. The number of allylic oxidation sites excluding steroid dienone is 2. The molecule has 0 saturated heterocycles. The molecule has 176 valence electrons. The Morgan fingerprint density at radius 3 is 2.70 bits per heavy atom. The highest BCUT2D eigenvalue weighted by Crippen LogP contribution is 2.28. The molecule has 9 heteroatoms. The summed E-state index contributed by atoms with van der Waals surface area (Å²) in [7, 11) is 3.07. The van der Waals surface area contributed by atoms with Gasteiger partial charge in [-0.2, -0.15) is 0 Å². The van der Waals surface area contributed by atoms with Gasteiger partial charge in [0.1, 0.15) is 18.5 Å². The predicted octanol–water partition coefficient (Wildman–Crippen LogP) is 1.42. The number of hydrogen-bond acceptors (Lipinski definition) is 6. The van der Waals surface area contributed by atoms with Gasteiger partial charge in [0.15, 0.2) is 11.2 Å². The average molecular weight is 454 g/mol. The fourth-order valence-electron chi connectivity index (χ4n) is 4.16. The lowest BCUT2D eigenvalue weighted by Crippen LogP contribution is -2.37. The maximum absolute atomic E-state index is 12.5. The van der Waals surface area contributed by atoms with Gasteiger partial charge in [-0.3, -0.25) is 13.9 Å². The molecule has 0 saturated carbocycles. The van der Waals surface area contributed by atoms with E-state index in [-0.39, 0.29) is 12.2 Å². The number of nitrogens with one attached hydrogen (secondary N) is 1. The summed E-state index contributed by atoms with van der Waals surface area (Å²) in [5, 5.41) is 13.4. The Bertz CT molecular complexity index is 1250. The van der Waals surface area contributed by atoms with Crippen LogP contribution >= 0.6 is 0 Å². The largest absolute Gasteiger partial charge is 0.491 e. The Kier molecular flexibility index (Phi) is 7.10. The zero-order valence-corrected chi connectivity index (χ0v) is 19.2. The standard InChI is InChI=1S/C24H31N5O4/c1-27-22-21(23(31)28(2)24(27)32)29(16-26-22)13-5-12-25-14-19(30)15-33-20-10-8-18(9-11-20)17-6-3-4-7-17/h6,8-11,16,19,25,30H,3-5,7,12-15H2,1-2H3. The van der Waals surface area contributed by atoms with Crippen LogP contribution in [0.15, 0.2) is 46.3 Å². The Morgan fingerprint density at radius 1 is 1.18 bits per heavy atom. The van der Waals surface area contributed by atoms with Crippen molar-refractivity contribution in [1.82, 2.24) is 24.0 Å². The van der Waals surface area contributed by atoms with E-state index in [2.05, 4.69) is 28.5 Å². The van der Waals surface area contributed by atoms with Crippen LogP contribution in [0, 0.1) is 0 Å². The van der Waals surface area contributed by atoms with E-state index in [4.69, 9.17) is 4.74 Å². The van der Waals surface area contributed by atoms with Gasteiger partial charge in [0.2, 0.25) is 0 Å². The average Bonchev–Trinajstić information content (AvgIpc) is 3.51. The van der Waals surface area contributed by atoms with E-state index < -0.39 is 11.8 Å². The fraction of sp³-hybridized carbons (Fsp3) is 0.458. The van der Waals surface area contributed by atoms with Crippen LogP contribution in [0.4, 0.5) is 0 Å². The molecule has 33 heavy (non-hydrogen) atoms. The summed E-state index contributed by atoms with van der Waals surface area (Å²) in [6, 6.07) is 8.04. The van der Waals surface area contributed by atoms with Crippen molar-refractivity contribution < 1.29 is 9.84 Å². The van der Waals surface area contributed by atoms with E-state index in [0.717, 1.165) is 29.6 Å². The van der Waals surface area contributed by atoms with Gasteiger partial charge in [0.05, 0.1) is 6.33 Å². The van der Waals surface area contributed by atoms with Crippen LogP contribution in [0.1, 0.15) is 31.2 Å². The summed E-state index contributed by atoms with van der Waals surface area (Å²) in [6.45, 7) is 1.86. The molecule has 2 N–H and O–H groups in total. The van der Waals surface area contributed by atoms with E-state index in [1.54, 1.807) is 17.9 Å². The summed E-state index contributed by atoms with van der Waals surface area (Å²) < 4.78 is 9.94. The van der Waals surface area contributed by atoms with E-state index in [0.29, 0.717) is 30.8 Å². The van der Waals surface area contributed by atoms with Gasteiger partial charge >= 0.3 is 5.69 Å². The molecule has 1 aliphatic carbocycles. The minimum Gasteiger partial charge on any atom is -0.491 e. The van der Waals surface area contributed by atoms with Gasteiger partial charge in [0, 0.05) is 27.2 Å². The molecular formula is C24H31N5O4. The molecule has 0 radical (unpaired) electrons. The molecule has 1 atom stereocenters. The molecule has 3 aromatic rings. The van der Waals surface area contributed by atoms with Gasteiger partial charge in [-0.1, -0.05) is 18.2 Å². The van der Waals surface area contributed by atoms with E-state index in [1.807, 2.05) is 12.1 Å². The molecule has 9 nitrogen and oxygen atoms in total. The minimum absolute atomic E-state index is 0.214. The highest BCUT2D eigenvalue weighted by molar-refractivity contribution is 5.70. The molecule has 1 aromatic carbocycles. The number of fused-ring (bicyclic) bond motifs is 1. The second-order valence-electron chi connectivity index (χ2n) is 8.48. The molecule has 1 aliphatic rings. The third-order valence-electron chi connectivity index (χ3n) is 6.06. The zero-order valence-electron chi connectivity index (χ0n) is 19.2. The third kappa shape index (κ3) is 5.09. The number of hydrogen-bond donors (Lipinski definition) is 2. The second-order valence-corrected chi connectivity index (χ2v) is 8.48. The first-order chi connectivity index (χ1) is 16.0. The molecule has 0 spiro atoms. The smallest absolute Gasteiger partial charge is 0.332 e. The summed E-state index contributed by atoms with van der Waals surface area (Å²) in [5.41, 5.74) is 2.71. The van der Waals surface area contributed by atoms with Crippen molar-refractivity contribution in [2.45, 2.75) is 38.3 Å². The summed E-state index contributed by atoms with van der Waals surface area (Å²) >= 11 is 0. The fourth-order valence-corrected chi connectivity index (χ4v) is 4.16. The Hall–Kier alpha value is -3.17. The first-order valence-corrected chi connectivity index (χ1v) is 11.4. The highest BCUT2D eigenvalue weighted by atomic mass is 16.5. The maximum Gasteiger partial charge on any atom is 0.332 e. The predicted molar refractivity (Wildman–Crippen MR) is 127 cm³/mol. The van der Waals surface area contributed by atoms with Crippen molar-refractivity contribution in [2.24, 2.45) is 14.1 Å². The molecule has 2 heterocycles. The molecule has 0 amide bonds. The van der Waals surface area contributed by atoms with Crippen LogP contribution in [0.2, 0.25) is 0 Å². The van der Waals surface area contributed by atoms with Crippen LogP contribution in [0.3, 0.4) is 0 Å². The second kappa shape index (κ2) is 10.2. The molecular weight excluding hydrogens is 422 g/mol. The van der Waals surface area contributed by atoms with E-state index in [1.165, 1.54) is 29.2 Å². The SMILES string of the molecule is Cn1c(=O)c2c(ncn2CCCNCC(O)COc2ccc(C3=CCCC3)cc2)n(C)c1=O. The molecule has 1 unspecified atom stereocenters. The monoisotopic (exact) mass is 453 g/mol. The van der Waals surface area contributed by atoms with Crippen molar-refractivity contribution in [2.75, 3.05) is 19.7 Å². The van der Waals surface area contributed by atoms with Crippen LogP contribution in [-0.2, 0) is 20.6 Å². The molecule has 0 bridgehead atoms. The van der Waals surface area contributed by atoms with Crippen LogP contribution in [0.5, 0.6) is 5.75 Å². The van der Waals surface area contributed by atoms with Crippen LogP contribution < -0.4 is 21.3 Å². The third-order valence-corrected chi connectivity index (χ3v) is 6.06. The van der Waals surface area contributed by atoms with E-state index in [9.17, 15) is 14.7 Å². The molecule has 0 aliphatic heterocycles. The lowest BCUT2D eigenvalue weighted by Gasteiger charge is -2.14. The number of imidazole rings is 1. The lowest BCUT2D eigenvalue weighted by atomic mass is 10.1.